The maximum atomic E-state index is 5.41. The summed E-state index contributed by atoms with van der Waals surface area (Å²) < 4.78 is 4.18. The monoisotopic (exact) mass is 296 g/mol. The van der Waals surface area contributed by atoms with Gasteiger partial charge < -0.3 is 9.55 Å². The Morgan fingerprint density at radius 3 is 2.81 bits per heavy atom. The minimum absolute atomic E-state index is 0.389. The molecular weight excluding hydrogens is 284 g/mol. The van der Waals surface area contributed by atoms with Gasteiger partial charge in [0, 0.05) is 10.5 Å². The number of rotatable bonds is 1. The van der Waals surface area contributed by atoms with Gasteiger partial charge in [0.2, 0.25) is 0 Å². The molecule has 1 aliphatic carbocycles. The minimum atomic E-state index is 0.389. The molecule has 1 saturated carbocycles. The van der Waals surface area contributed by atoms with Gasteiger partial charge in [-0.1, -0.05) is 29.8 Å². The number of aromatic nitrogens is 2. The second-order valence-electron chi connectivity index (χ2n) is 5.17. The predicted molar refractivity (Wildman–Crippen MR) is 72.3 cm³/mol. The molecule has 0 saturated heterocycles. The molecule has 2 nitrogen and oxygen atoms in total. The van der Waals surface area contributed by atoms with Gasteiger partial charge in [-0.2, -0.15) is 0 Å². The van der Waals surface area contributed by atoms with Crippen molar-refractivity contribution in [2.75, 3.05) is 0 Å². The van der Waals surface area contributed by atoms with Crippen molar-refractivity contribution in [2.45, 2.75) is 26.3 Å². The average molecular weight is 297 g/mol. The summed E-state index contributed by atoms with van der Waals surface area (Å²) in [6.07, 6.45) is 1.21. The molecule has 3 rings (SSSR count). The molecular formula is C12H13BrN2S. The third kappa shape index (κ3) is 1.47. The highest BCUT2D eigenvalue weighted by Crippen LogP contribution is 2.56. The smallest absolute Gasteiger partial charge is 0.178 e. The van der Waals surface area contributed by atoms with E-state index in [0.29, 0.717) is 11.5 Å². The molecule has 84 valence electrons. The van der Waals surface area contributed by atoms with Gasteiger partial charge in [-0.15, -0.1) is 0 Å². The lowest BCUT2D eigenvalue weighted by molar-refractivity contribution is 0.546. The van der Waals surface area contributed by atoms with Crippen LogP contribution in [0.25, 0.3) is 11.0 Å². The molecule has 16 heavy (non-hydrogen) atoms. The quantitative estimate of drug-likeness (QED) is 0.772. The predicted octanol–water partition coefficient (Wildman–Crippen LogP) is 4.43. The summed E-state index contributed by atoms with van der Waals surface area (Å²) in [5.74, 6) is 0. The molecule has 1 heterocycles. The van der Waals surface area contributed by atoms with E-state index in [2.05, 4.69) is 57.5 Å². The highest BCUT2D eigenvalue weighted by Gasteiger charge is 2.47. The van der Waals surface area contributed by atoms with E-state index in [9.17, 15) is 0 Å². The van der Waals surface area contributed by atoms with Gasteiger partial charge in [0.05, 0.1) is 11.0 Å². The zero-order valence-electron chi connectivity index (χ0n) is 9.25. The van der Waals surface area contributed by atoms with E-state index < -0.39 is 0 Å². The van der Waals surface area contributed by atoms with Crippen molar-refractivity contribution in [3.63, 3.8) is 0 Å². The molecule has 0 spiro atoms. The van der Waals surface area contributed by atoms with Gasteiger partial charge in [-0.05, 0) is 42.3 Å². The largest absolute Gasteiger partial charge is 0.331 e. The summed E-state index contributed by atoms with van der Waals surface area (Å²) in [5, 5.41) is 0. The summed E-state index contributed by atoms with van der Waals surface area (Å²) in [7, 11) is 0. The summed E-state index contributed by atoms with van der Waals surface area (Å²) in [4.78, 5) is 3.27. The van der Waals surface area contributed by atoms with Crippen LogP contribution in [0.1, 0.15) is 26.3 Å². The van der Waals surface area contributed by atoms with Crippen LogP contribution in [-0.2, 0) is 0 Å². The van der Waals surface area contributed by atoms with Crippen LogP contribution < -0.4 is 0 Å². The number of hydrogen-bond donors (Lipinski definition) is 1. The first-order valence-corrected chi connectivity index (χ1v) is 6.59. The van der Waals surface area contributed by atoms with Crippen molar-refractivity contribution in [3.05, 3.63) is 27.4 Å². The average Bonchev–Trinajstić information content (AvgIpc) is 2.67. The number of nitrogens with zero attached hydrogens (tertiary/aromatic N) is 1. The highest BCUT2D eigenvalue weighted by atomic mass is 79.9. The van der Waals surface area contributed by atoms with E-state index in [-0.39, 0.29) is 0 Å². The van der Waals surface area contributed by atoms with E-state index in [1.807, 2.05) is 0 Å². The van der Waals surface area contributed by atoms with E-state index >= 15 is 0 Å². The van der Waals surface area contributed by atoms with Crippen molar-refractivity contribution in [2.24, 2.45) is 5.41 Å². The fraction of sp³-hybridized carbons (Fsp3) is 0.417. The minimum Gasteiger partial charge on any atom is -0.331 e. The number of benzene rings is 1. The topological polar surface area (TPSA) is 20.7 Å². The summed E-state index contributed by atoms with van der Waals surface area (Å²) in [5.41, 5.74) is 2.71. The van der Waals surface area contributed by atoms with Gasteiger partial charge in [-0.25, -0.2) is 0 Å². The van der Waals surface area contributed by atoms with Crippen molar-refractivity contribution >= 4 is 39.2 Å². The molecule has 4 heteroatoms. The molecule has 1 aromatic heterocycles. The summed E-state index contributed by atoms with van der Waals surface area (Å²) >= 11 is 8.89. The highest BCUT2D eigenvalue weighted by molar-refractivity contribution is 9.10. The Kier molecular flexibility index (Phi) is 2.11. The molecule has 1 aromatic carbocycles. The third-order valence-corrected chi connectivity index (χ3v) is 4.24. The van der Waals surface area contributed by atoms with Crippen LogP contribution in [0.5, 0.6) is 0 Å². The molecule has 2 aromatic rings. The first kappa shape index (κ1) is 10.5. The lowest BCUT2D eigenvalue weighted by Crippen LogP contribution is -1.99. The Morgan fingerprint density at radius 2 is 2.19 bits per heavy atom. The zero-order chi connectivity index (χ0) is 11.5. The SMILES string of the molecule is CC1(C)CC1n1c(=S)[nH]c2cc(Br)ccc21. The third-order valence-electron chi connectivity index (χ3n) is 3.45. The van der Waals surface area contributed by atoms with Crippen LogP contribution >= 0.6 is 28.1 Å². The lowest BCUT2D eigenvalue weighted by atomic mass is 10.2. The Hall–Kier alpha value is -0.610. The van der Waals surface area contributed by atoms with E-state index in [1.54, 1.807) is 0 Å². The molecule has 0 bridgehead atoms. The van der Waals surface area contributed by atoms with E-state index in [1.165, 1.54) is 11.9 Å². The number of nitrogens with one attached hydrogen (secondary N) is 1. The molecule has 1 atom stereocenters. The van der Waals surface area contributed by atoms with Crippen LogP contribution in [0.15, 0.2) is 22.7 Å². The first-order chi connectivity index (χ1) is 7.49. The Labute approximate surface area is 108 Å². The van der Waals surface area contributed by atoms with Crippen LogP contribution in [-0.4, -0.2) is 9.55 Å². The van der Waals surface area contributed by atoms with Crippen molar-refractivity contribution in [3.8, 4) is 0 Å². The standard InChI is InChI=1S/C12H13BrN2S/c1-12(2)6-10(12)15-9-4-3-7(13)5-8(9)14-11(15)16/h3-5,10H,6H2,1-2H3,(H,14,16). The van der Waals surface area contributed by atoms with E-state index in [0.717, 1.165) is 14.8 Å². The maximum absolute atomic E-state index is 5.41. The number of fused-ring (bicyclic) bond motifs is 1. The summed E-state index contributed by atoms with van der Waals surface area (Å²) in [6, 6.07) is 6.82. The second-order valence-corrected chi connectivity index (χ2v) is 6.47. The Balaban J connectivity index is 2.25. The number of aromatic amines is 1. The van der Waals surface area contributed by atoms with Gasteiger partial charge in [-0.3, -0.25) is 0 Å². The number of imidazole rings is 1. The lowest BCUT2D eigenvalue weighted by Gasteiger charge is -2.06. The number of halogens is 1. The first-order valence-electron chi connectivity index (χ1n) is 5.39. The molecule has 0 aliphatic heterocycles. The van der Waals surface area contributed by atoms with Crippen LogP contribution in [0.2, 0.25) is 0 Å². The van der Waals surface area contributed by atoms with Crippen LogP contribution in [0.3, 0.4) is 0 Å². The fourth-order valence-electron chi connectivity index (χ4n) is 2.29. The summed E-state index contributed by atoms with van der Waals surface area (Å²) in [6.45, 7) is 4.58. The maximum Gasteiger partial charge on any atom is 0.178 e. The fourth-order valence-corrected chi connectivity index (χ4v) is 2.99. The normalized spacial score (nSPS) is 22.6. The zero-order valence-corrected chi connectivity index (χ0v) is 11.7. The van der Waals surface area contributed by atoms with Crippen LogP contribution in [0.4, 0.5) is 0 Å². The molecule has 0 radical (unpaired) electrons. The Morgan fingerprint density at radius 1 is 1.50 bits per heavy atom. The van der Waals surface area contributed by atoms with Crippen LogP contribution in [0, 0.1) is 10.2 Å². The van der Waals surface area contributed by atoms with Crippen molar-refractivity contribution in [1.29, 1.82) is 0 Å². The molecule has 0 amide bonds. The van der Waals surface area contributed by atoms with Crippen molar-refractivity contribution < 1.29 is 0 Å². The van der Waals surface area contributed by atoms with Gasteiger partial charge >= 0.3 is 0 Å². The Bertz CT molecular complexity index is 623. The number of H-pyrrole nitrogens is 1. The van der Waals surface area contributed by atoms with Gasteiger partial charge in [0.15, 0.2) is 4.77 Å². The second kappa shape index (κ2) is 3.20. The molecule has 1 fully saturated rings. The molecule has 1 unspecified atom stereocenters. The molecule has 1 aliphatic rings. The number of hydrogen-bond acceptors (Lipinski definition) is 1. The van der Waals surface area contributed by atoms with E-state index in [4.69, 9.17) is 12.2 Å². The van der Waals surface area contributed by atoms with Crippen molar-refractivity contribution in [1.82, 2.24) is 9.55 Å². The van der Waals surface area contributed by atoms with Gasteiger partial charge in [0.25, 0.3) is 0 Å². The molecule has 1 N–H and O–H groups in total. The van der Waals surface area contributed by atoms with Gasteiger partial charge in [0.1, 0.15) is 0 Å².